The van der Waals surface area contributed by atoms with E-state index >= 15 is 0 Å². The number of para-hydroxylation sites is 2. The molecule has 0 spiro atoms. The highest BCUT2D eigenvalue weighted by atomic mass is 16.5. The summed E-state index contributed by atoms with van der Waals surface area (Å²) in [5.41, 5.74) is 4.22. The standard InChI is InChI=1S/C21H30N4O/c1-17-21(23-20-8-3-2-7-19(20)22-17)16-25-10-5-4-6-18(25)9-11-24-12-14-26-15-13-24/h2-3,7-8,18H,4-6,9-16H2,1H3. The first-order chi connectivity index (χ1) is 12.8. The van der Waals surface area contributed by atoms with E-state index in [1.807, 2.05) is 18.2 Å². The maximum Gasteiger partial charge on any atom is 0.0890 e. The van der Waals surface area contributed by atoms with Gasteiger partial charge in [0.05, 0.1) is 35.6 Å². The number of aromatic nitrogens is 2. The molecule has 5 heteroatoms. The van der Waals surface area contributed by atoms with Gasteiger partial charge < -0.3 is 4.74 Å². The molecule has 4 rings (SSSR count). The first-order valence-corrected chi connectivity index (χ1v) is 10.1. The lowest BCUT2D eigenvalue weighted by atomic mass is 9.98. The number of likely N-dealkylation sites (tertiary alicyclic amines) is 1. The summed E-state index contributed by atoms with van der Waals surface area (Å²) in [6.07, 6.45) is 5.21. The summed E-state index contributed by atoms with van der Waals surface area (Å²) in [6, 6.07) is 8.85. The molecule has 5 nitrogen and oxygen atoms in total. The number of hydrogen-bond acceptors (Lipinski definition) is 5. The molecule has 26 heavy (non-hydrogen) atoms. The van der Waals surface area contributed by atoms with Crippen LogP contribution in [0.3, 0.4) is 0 Å². The molecular formula is C21H30N4O. The summed E-state index contributed by atoms with van der Waals surface area (Å²) in [5.74, 6) is 0. The second-order valence-corrected chi connectivity index (χ2v) is 7.61. The highest BCUT2D eigenvalue weighted by Crippen LogP contribution is 2.23. The second kappa shape index (κ2) is 8.42. The van der Waals surface area contributed by atoms with Crippen molar-refractivity contribution in [2.45, 2.75) is 45.2 Å². The quantitative estimate of drug-likeness (QED) is 0.826. The van der Waals surface area contributed by atoms with E-state index in [0.29, 0.717) is 6.04 Å². The number of fused-ring (bicyclic) bond motifs is 1. The molecule has 2 saturated heterocycles. The van der Waals surface area contributed by atoms with Crippen molar-refractivity contribution >= 4 is 11.0 Å². The van der Waals surface area contributed by atoms with E-state index < -0.39 is 0 Å². The molecule has 2 fully saturated rings. The van der Waals surface area contributed by atoms with Gasteiger partial charge in [0.25, 0.3) is 0 Å². The Hall–Kier alpha value is -1.56. The SMILES string of the molecule is Cc1nc2ccccc2nc1CN1CCCCC1CCN1CCOCC1. The van der Waals surface area contributed by atoms with Crippen LogP contribution in [0.5, 0.6) is 0 Å². The molecule has 2 aliphatic rings. The molecule has 3 heterocycles. The van der Waals surface area contributed by atoms with Gasteiger partial charge in [-0.2, -0.15) is 0 Å². The Balaban J connectivity index is 1.43. The number of aryl methyl sites for hydroxylation is 1. The molecule has 1 atom stereocenters. The molecule has 0 amide bonds. The number of rotatable bonds is 5. The highest BCUT2D eigenvalue weighted by Gasteiger charge is 2.24. The lowest BCUT2D eigenvalue weighted by Crippen LogP contribution is -2.43. The van der Waals surface area contributed by atoms with E-state index in [1.54, 1.807) is 0 Å². The predicted molar refractivity (Wildman–Crippen MR) is 104 cm³/mol. The van der Waals surface area contributed by atoms with Gasteiger partial charge in [0.2, 0.25) is 0 Å². The van der Waals surface area contributed by atoms with Crippen LogP contribution >= 0.6 is 0 Å². The zero-order valence-electron chi connectivity index (χ0n) is 15.9. The summed E-state index contributed by atoms with van der Waals surface area (Å²) in [5, 5.41) is 0. The van der Waals surface area contributed by atoms with E-state index in [-0.39, 0.29) is 0 Å². The summed E-state index contributed by atoms with van der Waals surface area (Å²) in [7, 11) is 0. The Morgan fingerprint density at radius 1 is 1.04 bits per heavy atom. The van der Waals surface area contributed by atoms with Gasteiger partial charge >= 0.3 is 0 Å². The summed E-state index contributed by atoms with van der Waals surface area (Å²) >= 11 is 0. The molecule has 1 aromatic heterocycles. The van der Waals surface area contributed by atoms with E-state index in [2.05, 4.69) is 22.8 Å². The monoisotopic (exact) mass is 354 g/mol. The van der Waals surface area contributed by atoms with Crippen LogP contribution in [0.25, 0.3) is 11.0 Å². The smallest absolute Gasteiger partial charge is 0.0890 e. The minimum atomic E-state index is 0.666. The molecule has 1 unspecified atom stereocenters. The van der Waals surface area contributed by atoms with Crippen molar-refractivity contribution < 1.29 is 4.74 Å². The molecule has 0 N–H and O–H groups in total. The van der Waals surface area contributed by atoms with Crippen LogP contribution in [0.15, 0.2) is 24.3 Å². The number of morpholine rings is 1. The fraction of sp³-hybridized carbons (Fsp3) is 0.619. The van der Waals surface area contributed by atoms with Gasteiger partial charge in [0.1, 0.15) is 0 Å². The molecular weight excluding hydrogens is 324 g/mol. The van der Waals surface area contributed by atoms with Crippen LogP contribution in [0, 0.1) is 6.92 Å². The minimum Gasteiger partial charge on any atom is -0.379 e. The van der Waals surface area contributed by atoms with Crippen LogP contribution in [-0.4, -0.2) is 65.2 Å². The van der Waals surface area contributed by atoms with Crippen LogP contribution in [0.2, 0.25) is 0 Å². The normalized spacial score (nSPS) is 22.7. The van der Waals surface area contributed by atoms with Crippen molar-refractivity contribution in [3.63, 3.8) is 0 Å². The third kappa shape index (κ3) is 4.22. The molecule has 0 bridgehead atoms. The fourth-order valence-corrected chi connectivity index (χ4v) is 4.22. The van der Waals surface area contributed by atoms with Gasteiger partial charge in [0, 0.05) is 25.7 Å². The Morgan fingerprint density at radius 2 is 1.81 bits per heavy atom. The fourth-order valence-electron chi connectivity index (χ4n) is 4.22. The molecule has 2 aromatic rings. The molecule has 140 valence electrons. The Kier molecular flexibility index (Phi) is 5.78. The lowest BCUT2D eigenvalue weighted by molar-refractivity contribution is 0.0301. The number of benzene rings is 1. The summed E-state index contributed by atoms with van der Waals surface area (Å²) in [6.45, 7) is 9.35. The van der Waals surface area contributed by atoms with Crippen molar-refractivity contribution in [1.29, 1.82) is 0 Å². The number of piperidine rings is 1. The average Bonchev–Trinajstić information content (AvgIpc) is 2.69. The maximum absolute atomic E-state index is 5.47. The summed E-state index contributed by atoms with van der Waals surface area (Å²) < 4.78 is 5.47. The van der Waals surface area contributed by atoms with Crippen LogP contribution in [0.4, 0.5) is 0 Å². The van der Waals surface area contributed by atoms with Crippen molar-refractivity contribution in [2.75, 3.05) is 39.4 Å². The first-order valence-electron chi connectivity index (χ1n) is 10.1. The zero-order valence-corrected chi connectivity index (χ0v) is 15.9. The number of nitrogens with zero attached hydrogens (tertiary/aromatic N) is 4. The molecule has 0 aliphatic carbocycles. The third-order valence-electron chi connectivity index (χ3n) is 5.83. The van der Waals surface area contributed by atoms with E-state index in [4.69, 9.17) is 14.7 Å². The molecule has 1 aromatic carbocycles. The molecule has 0 saturated carbocycles. The van der Waals surface area contributed by atoms with Crippen molar-refractivity contribution in [3.8, 4) is 0 Å². The van der Waals surface area contributed by atoms with Crippen molar-refractivity contribution in [1.82, 2.24) is 19.8 Å². The minimum absolute atomic E-state index is 0.666. The van der Waals surface area contributed by atoms with E-state index in [1.165, 1.54) is 38.8 Å². The van der Waals surface area contributed by atoms with Crippen LogP contribution in [0.1, 0.15) is 37.1 Å². The van der Waals surface area contributed by atoms with Crippen LogP contribution in [-0.2, 0) is 11.3 Å². The topological polar surface area (TPSA) is 41.5 Å². The number of hydrogen-bond donors (Lipinski definition) is 0. The zero-order chi connectivity index (χ0) is 17.8. The first kappa shape index (κ1) is 17.8. The maximum atomic E-state index is 5.47. The lowest BCUT2D eigenvalue weighted by Gasteiger charge is -2.37. The van der Waals surface area contributed by atoms with Gasteiger partial charge in [-0.05, 0) is 51.4 Å². The summed E-state index contributed by atoms with van der Waals surface area (Å²) in [4.78, 5) is 14.9. The van der Waals surface area contributed by atoms with Gasteiger partial charge in [0.15, 0.2) is 0 Å². The largest absolute Gasteiger partial charge is 0.379 e. The molecule has 2 aliphatic heterocycles. The highest BCUT2D eigenvalue weighted by molar-refractivity contribution is 5.74. The Bertz CT molecular complexity index is 729. The van der Waals surface area contributed by atoms with E-state index in [0.717, 1.165) is 55.3 Å². The average molecular weight is 354 g/mol. The van der Waals surface area contributed by atoms with Gasteiger partial charge in [-0.3, -0.25) is 9.80 Å². The Labute approximate surface area is 156 Å². The predicted octanol–water partition coefficient (Wildman–Crippen LogP) is 3.02. The van der Waals surface area contributed by atoms with Crippen LogP contribution < -0.4 is 0 Å². The molecule has 0 radical (unpaired) electrons. The van der Waals surface area contributed by atoms with Gasteiger partial charge in [-0.25, -0.2) is 9.97 Å². The third-order valence-corrected chi connectivity index (χ3v) is 5.83. The second-order valence-electron chi connectivity index (χ2n) is 7.61. The van der Waals surface area contributed by atoms with E-state index in [9.17, 15) is 0 Å². The van der Waals surface area contributed by atoms with Gasteiger partial charge in [-0.1, -0.05) is 18.6 Å². The van der Waals surface area contributed by atoms with Crippen molar-refractivity contribution in [2.24, 2.45) is 0 Å². The Morgan fingerprint density at radius 3 is 2.62 bits per heavy atom. The number of ether oxygens (including phenoxy) is 1. The van der Waals surface area contributed by atoms with Gasteiger partial charge in [-0.15, -0.1) is 0 Å². The van der Waals surface area contributed by atoms with Crippen molar-refractivity contribution in [3.05, 3.63) is 35.7 Å².